The lowest BCUT2D eigenvalue weighted by atomic mass is 10.1. The Bertz CT molecular complexity index is 1350. The summed E-state index contributed by atoms with van der Waals surface area (Å²) in [7, 11) is 0. The van der Waals surface area contributed by atoms with Crippen LogP contribution in [0.15, 0.2) is 72.4 Å². The molecule has 29 heavy (non-hydrogen) atoms. The van der Waals surface area contributed by atoms with Gasteiger partial charge in [0.15, 0.2) is 4.96 Å². The number of thiazole rings is 1. The third-order valence-electron chi connectivity index (χ3n) is 4.97. The quantitative estimate of drug-likeness (QED) is 0.439. The smallest absolute Gasteiger partial charge is 0.257 e. The summed E-state index contributed by atoms with van der Waals surface area (Å²) in [6.07, 6.45) is 4.69. The standard InChI is InChI=1S/C23H18N4OS/c1-2-16-14-29-23-26-20(13-27(16)23)17-9-3-4-11-19(17)25-22(28)18-10-5-7-15-8-6-12-24-21(15)18/h3-14H,2H2,1H3,(H,25,28). The van der Waals surface area contributed by atoms with Gasteiger partial charge in [-0.1, -0.05) is 43.3 Å². The molecule has 0 spiro atoms. The molecule has 0 bridgehead atoms. The Labute approximate surface area is 171 Å². The number of fused-ring (bicyclic) bond motifs is 2. The molecule has 1 amide bonds. The van der Waals surface area contributed by atoms with Crippen molar-refractivity contribution in [3.8, 4) is 11.3 Å². The van der Waals surface area contributed by atoms with Gasteiger partial charge in [-0.2, -0.15) is 0 Å². The second-order valence-corrected chi connectivity index (χ2v) is 7.58. The predicted molar refractivity (Wildman–Crippen MR) is 118 cm³/mol. The van der Waals surface area contributed by atoms with Gasteiger partial charge in [-0.15, -0.1) is 11.3 Å². The van der Waals surface area contributed by atoms with E-state index in [1.54, 1.807) is 23.6 Å². The van der Waals surface area contributed by atoms with E-state index >= 15 is 0 Å². The number of carbonyl (C=O) groups excluding carboxylic acids is 1. The monoisotopic (exact) mass is 398 g/mol. The second kappa shape index (κ2) is 7.14. The molecule has 3 aromatic heterocycles. The van der Waals surface area contributed by atoms with Crippen molar-refractivity contribution in [1.82, 2.24) is 14.4 Å². The molecule has 142 valence electrons. The van der Waals surface area contributed by atoms with Gasteiger partial charge in [0.25, 0.3) is 5.91 Å². The highest BCUT2D eigenvalue weighted by Crippen LogP contribution is 2.30. The molecule has 0 fully saturated rings. The van der Waals surface area contributed by atoms with Crippen molar-refractivity contribution in [3.05, 3.63) is 83.6 Å². The first-order valence-electron chi connectivity index (χ1n) is 9.44. The molecule has 0 aliphatic carbocycles. The molecule has 0 atom stereocenters. The number of amides is 1. The Kier molecular flexibility index (Phi) is 4.33. The molecule has 6 heteroatoms. The van der Waals surface area contributed by atoms with Crippen LogP contribution in [-0.2, 0) is 6.42 Å². The number of hydrogen-bond acceptors (Lipinski definition) is 4. The topological polar surface area (TPSA) is 59.3 Å². The van der Waals surface area contributed by atoms with Gasteiger partial charge < -0.3 is 5.32 Å². The largest absolute Gasteiger partial charge is 0.321 e. The van der Waals surface area contributed by atoms with Crippen LogP contribution in [0.25, 0.3) is 27.1 Å². The molecule has 2 aromatic carbocycles. The Morgan fingerprint density at radius 1 is 1.10 bits per heavy atom. The highest BCUT2D eigenvalue weighted by Gasteiger charge is 2.16. The lowest BCUT2D eigenvalue weighted by Crippen LogP contribution is -2.13. The maximum absolute atomic E-state index is 13.1. The summed E-state index contributed by atoms with van der Waals surface area (Å²) in [5.74, 6) is -0.183. The summed E-state index contributed by atoms with van der Waals surface area (Å²) in [6, 6.07) is 17.2. The maximum atomic E-state index is 13.1. The molecule has 0 aliphatic heterocycles. The van der Waals surface area contributed by atoms with E-state index in [0.717, 1.165) is 33.7 Å². The predicted octanol–water partition coefficient (Wildman–Crippen LogP) is 5.43. The van der Waals surface area contributed by atoms with Crippen LogP contribution in [0.1, 0.15) is 23.0 Å². The molecule has 0 aliphatic rings. The van der Waals surface area contributed by atoms with Crippen LogP contribution >= 0.6 is 11.3 Å². The fourth-order valence-electron chi connectivity index (χ4n) is 3.51. The minimum absolute atomic E-state index is 0.183. The molecular weight excluding hydrogens is 380 g/mol. The average molecular weight is 398 g/mol. The van der Waals surface area contributed by atoms with Crippen molar-refractivity contribution in [2.45, 2.75) is 13.3 Å². The van der Waals surface area contributed by atoms with Crippen LogP contribution in [0, 0.1) is 0 Å². The van der Waals surface area contributed by atoms with E-state index in [4.69, 9.17) is 4.98 Å². The van der Waals surface area contributed by atoms with E-state index in [2.05, 4.69) is 27.0 Å². The highest BCUT2D eigenvalue weighted by molar-refractivity contribution is 7.15. The number of anilines is 1. The van der Waals surface area contributed by atoms with Crippen molar-refractivity contribution in [2.24, 2.45) is 0 Å². The Morgan fingerprint density at radius 2 is 1.97 bits per heavy atom. The van der Waals surface area contributed by atoms with Crippen LogP contribution in [0.4, 0.5) is 5.69 Å². The highest BCUT2D eigenvalue weighted by atomic mass is 32.1. The van der Waals surface area contributed by atoms with Gasteiger partial charge in [0.1, 0.15) is 0 Å². The first-order valence-corrected chi connectivity index (χ1v) is 10.3. The van der Waals surface area contributed by atoms with E-state index in [1.165, 1.54) is 5.69 Å². The van der Waals surface area contributed by atoms with Crippen molar-refractivity contribution in [1.29, 1.82) is 0 Å². The van der Waals surface area contributed by atoms with Crippen LogP contribution in [0.3, 0.4) is 0 Å². The fraction of sp³-hybridized carbons (Fsp3) is 0.0870. The zero-order chi connectivity index (χ0) is 19.8. The number of hydrogen-bond donors (Lipinski definition) is 1. The van der Waals surface area contributed by atoms with Gasteiger partial charge in [-0.05, 0) is 24.6 Å². The molecule has 3 heterocycles. The van der Waals surface area contributed by atoms with Crippen LogP contribution in [0.5, 0.6) is 0 Å². The number of nitrogens with zero attached hydrogens (tertiary/aromatic N) is 3. The summed E-state index contributed by atoms with van der Waals surface area (Å²) in [5, 5.41) is 6.13. The summed E-state index contributed by atoms with van der Waals surface area (Å²) >= 11 is 1.63. The zero-order valence-electron chi connectivity index (χ0n) is 15.8. The number of rotatable bonds is 4. The van der Waals surface area contributed by atoms with Gasteiger partial charge in [-0.25, -0.2) is 4.98 Å². The fourth-order valence-corrected chi connectivity index (χ4v) is 4.46. The molecule has 5 aromatic rings. The Hall–Kier alpha value is -3.51. The van der Waals surface area contributed by atoms with E-state index in [9.17, 15) is 4.79 Å². The van der Waals surface area contributed by atoms with Crippen LogP contribution < -0.4 is 5.32 Å². The van der Waals surface area contributed by atoms with Crippen molar-refractivity contribution < 1.29 is 4.79 Å². The Morgan fingerprint density at radius 3 is 2.86 bits per heavy atom. The molecule has 5 nitrogen and oxygen atoms in total. The summed E-state index contributed by atoms with van der Waals surface area (Å²) < 4.78 is 2.12. The van der Waals surface area contributed by atoms with Gasteiger partial charge in [0.2, 0.25) is 0 Å². The molecule has 1 N–H and O–H groups in total. The van der Waals surface area contributed by atoms with E-state index in [1.807, 2.05) is 54.7 Å². The first kappa shape index (κ1) is 17.6. The van der Waals surface area contributed by atoms with Crippen molar-refractivity contribution in [3.63, 3.8) is 0 Å². The normalized spacial score (nSPS) is 11.2. The van der Waals surface area contributed by atoms with E-state index in [-0.39, 0.29) is 5.91 Å². The number of aromatic nitrogens is 3. The lowest BCUT2D eigenvalue weighted by molar-refractivity contribution is 0.102. The van der Waals surface area contributed by atoms with E-state index in [0.29, 0.717) is 11.1 Å². The molecule has 0 radical (unpaired) electrons. The van der Waals surface area contributed by atoms with Gasteiger partial charge in [0.05, 0.1) is 22.5 Å². The van der Waals surface area contributed by atoms with Gasteiger partial charge in [-0.3, -0.25) is 14.2 Å². The minimum atomic E-state index is -0.183. The SMILES string of the molecule is CCc1csc2nc(-c3ccccc3NC(=O)c3cccc4cccnc34)cn12. The third-order valence-corrected chi connectivity index (χ3v) is 5.86. The van der Waals surface area contributed by atoms with E-state index < -0.39 is 0 Å². The average Bonchev–Trinajstić information content (AvgIpc) is 3.34. The summed E-state index contributed by atoms with van der Waals surface area (Å²) in [6.45, 7) is 2.13. The van der Waals surface area contributed by atoms with Crippen molar-refractivity contribution in [2.75, 3.05) is 5.32 Å². The van der Waals surface area contributed by atoms with Gasteiger partial charge in [0, 0.05) is 34.4 Å². The van der Waals surface area contributed by atoms with Gasteiger partial charge >= 0.3 is 0 Å². The summed E-state index contributed by atoms with van der Waals surface area (Å²) in [5.41, 5.74) is 4.95. The third kappa shape index (κ3) is 3.07. The zero-order valence-corrected chi connectivity index (χ0v) is 16.6. The Balaban J connectivity index is 1.53. The molecular formula is C23H18N4OS. The number of benzene rings is 2. The number of para-hydroxylation sites is 2. The lowest BCUT2D eigenvalue weighted by Gasteiger charge is -2.11. The molecule has 0 unspecified atom stereocenters. The van der Waals surface area contributed by atoms with Crippen LogP contribution in [0.2, 0.25) is 0 Å². The number of nitrogens with one attached hydrogen (secondary N) is 1. The molecule has 5 rings (SSSR count). The van der Waals surface area contributed by atoms with Crippen molar-refractivity contribution >= 4 is 38.8 Å². The number of pyridine rings is 1. The number of carbonyl (C=O) groups is 1. The summed E-state index contributed by atoms with van der Waals surface area (Å²) in [4.78, 5) is 23.2. The molecule has 0 saturated carbocycles. The first-order chi connectivity index (χ1) is 14.2. The number of imidazole rings is 1. The van der Waals surface area contributed by atoms with Crippen LogP contribution in [-0.4, -0.2) is 20.3 Å². The number of aryl methyl sites for hydroxylation is 1. The maximum Gasteiger partial charge on any atom is 0.257 e. The second-order valence-electron chi connectivity index (χ2n) is 6.74. The minimum Gasteiger partial charge on any atom is -0.321 e. The molecule has 0 saturated heterocycles.